The summed E-state index contributed by atoms with van der Waals surface area (Å²) in [5, 5.41) is 1.99. The number of allylic oxidation sites excluding steroid dienone is 2. The van der Waals surface area contributed by atoms with E-state index in [2.05, 4.69) is 4.72 Å². The smallest absolute Gasteiger partial charge is 0.00756 e. The van der Waals surface area contributed by atoms with Crippen LogP contribution in [0.5, 0.6) is 0 Å². The van der Waals surface area contributed by atoms with E-state index in [-0.39, 0.29) is 0 Å². The Kier molecular flexibility index (Phi) is 1.22. The average molecular weight is 99.2 g/mol. The van der Waals surface area contributed by atoms with Crippen molar-refractivity contribution in [3.8, 4) is 0 Å². The number of nitrogens with one attached hydrogen (secondary N) is 1. The lowest BCUT2D eigenvalue weighted by atomic mass is 10.6. The average Bonchev–Trinajstić information content (AvgIpc) is 1.72. The molecule has 1 rings (SSSR count). The molecule has 0 aliphatic carbocycles. The second kappa shape index (κ2) is 1.92. The maximum absolute atomic E-state index is 2.93. The van der Waals surface area contributed by atoms with Crippen molar-refractivity contribution < 1.29 is 0 Å². The fraction of sp³-hybridized carbons (Fsp3) is 0. The lowest BCUT2D eigenvalue weighted by Gasteiger charge is -1.93. The molecule has 0 fully saturated rings. The van der Waals surface area contributed by atoms with Crippen LogP contribution in [0.2, 0.25) is 0 Å². The topological polar surface area (TPSA) is 12.0 Å². The van der Waals surface area contributed by atoms with Crippen LogP contribution in [-0.4, -0.2) is 0 Å². The van der Waals surface area contributed by atoms with E-state index < -0.39 is 0 Å². The Balaban J connectivity index is 2.46. The molecule has 2 heteroatoms. The Morgan fingerprint density at radius 2 is 2.33 bits per heavy atom. The molecular formula is C4H5NS. The molecule has 0 aromatic rings. The van der Waals surface area contributed by atoms with Gasteiger partial charge in [-0.3, -0.25) is 0 Å². The van der Waals surface area contributed by atoms with Crippen molar-refractivity contribution >= 4 is 11.9 Å². The van der Waals surface area contributed by atoms with Crippen LogP contribution >= 0.6 is 11.9 Å². The van der Waals surface area contributed by atoms with Gasteiger partial charge in [-0.25, -0.2) is 0 Å². The molecule has 1 N–H and O–H groups in total. The molecule has 0 amide bonds. The maximum Gasteiger partial charge on any atom is 0.00756 e. The Labute approximate surface area is 41.3 Å². The summed E-state index contributed by atoms with van der Waals surface area (Å²) >= 11 is 1.58. The molecule has 0 spiro atoms. The highest BCUT2D eigenvalue weighted by atomic mass is 32.2. The van der Waals surface area contributed by atoms with Crippen LogP contribution < -0.4 is 4.72 Å². The van der Waals surface area contributed by atoms with Gasteiger partial charge < -0.3 is 4.72 Å². The fourth-order valence-corrected chi connectivity index (χ4v) is 0.663. The summed E-state index contributed by atoms with van der Waals surface area (Å²) in [6, 6.07) is 0. The molecule has 1 aliphatic heterocycles. The lowest BCUT2D eigenvalue weighted by Crippen LogP contribution is -1.88. The van der Waals surface area contributed by atoms with Crippen molar-refractivity contribution in [3.05, 3.63) is 23.8 Å². The summed E-state index contributed by atoms with van der Waals surface area (Å²) < 4.78 is 2.93. The minimum atomic E-state index is 1.58. The van der Waals surface area contributed by atoms with E-state index in [0.29, 0.717) is 0 Å². The van der Waals surface area contributed by atoms with E-state index in [1.54, 1.807) is 11.9 Å². The SMILES string of the molecule is C1=CNSC=C1. The van der Waals surface area contributed by atoms with Gasteiger partial charge in [-0.15, -0.1) is 0 Å². The predicted octanol–water partition coefficient (Wildman–Crippen LogP) is 1.27. The van der Waals surface area contributed by atoms with E-state index in [1.165, 1.54) is 0 Å². The van der Waals surface area contributed by atoms with Crippen molar-refractivity contribution in [2.45, 2.75) is 0 Å². The first kappa shape index (κ1) is 3.81. The zero-order valence-corrected chi connectivity index (χ0v) is 4.03. The van der Waals surface area contributed by atoms with Crippen LogP contribution in [0.25, 0.3) is 0 Å². The van der Waals surface area contributed by atoms with Crippen LogP contribution in [0.4, 0.5) is 0 Å². The summed E-state index contributed by atoms with van der Waals surface area (Å²) in [6.45, 7) is 0. The van der Waals surface area contributed by atoms with Crippen molar-refractivity contribution in [2.75, 3.05) is 0 Å². The van der Waals surface area contributed by atoms with E-state index in [1.807, 2.05) is 23.8 Å². The third kappa shape index (κ3) is 0.792. The summed E-state index contributed by atoms with van der Waals surface area (Å²) in [7, 11) is 0. The Bertz CT molecular complexity index is 73.5. The van der Waals surface area contributed by atoms with Crippen LogP contribution in [0.1, 0.15) is 0 Å². The molecule has 0 saturated heterocycles. The highest BCUT2D eigenvalue weighted by Gasteiger charge is 1.74. The van der Waals surface area contributed by atoms with Gasteiger partial charge >= 0.3 is 0 Å². The highest BCUT2D eigenvalue weighted by molar-refractivity contribution is 8.00. The predicted molar refractivity (Wildman–Crippen MR) is 29.0 cm³/mol. The Hall–Kier alpha value is -0.370. The molecule has 6 heavy (non-hydrogen) atoms. The molecule has 32 valence electrons. The first-order chi connectivity index (χ1) is 3.00. The van der Waals surface area contributed by atoms with E-state index in [9.17, 15) is 0 Å². The standard InChI is InChI=1S/C4H5NS/c1-2-4-6-5-3-1/h1-5H. The largest absolute Gasteiger partial charge is 0.333 e. The fourth-order valence-electron chi connectivity index (χ4n) is 0.258. The van der Waals surface area contributed by atoms with Gasteiger partial charge in [0.15, 0.2) is 0 Å². The maximum atomic E-state index is 2.93. The van der Waals surface area contributed by atoms with Gasteiger partial charge in [0.1, 0.15) is 0 Å². The molecule has 0 aromatic carbocycles. The van der Waals surface area contributed by atoms with Crippen LogP contribution in [0.15, 0.2) is 23.8 Å². The van der Waals surface area contributed by atoms with Crippen LogP contribution in [-0.2, 0) is 0 Å². The summed E-state index contributed by atoms with van der Waals surface area (Å²) in [6.07, 6.45) is 5.84. The van der Waals surface area contributed by atoms with Gasteiger partial charge in [0.25, 0.3) is 0 Å². The normalized spacial score (nSPS) is 17.3. The number of hydrogen-bond acceptors (Lipinski definition) is 2. The molecule has 0 saturated carbocycles. The second-order valence-corrected chi connectivity index (χ2v) is 1.67. The molecule has 1 nitrogen and oxygen atoms in total. The van der Waals surface area contributed by atoms with Crippen LogP contribution in [0.3, 0.4) is 0 Å². The molecule has 1 heterocycles. The van der Waals surface area contributed by atoms with Crippen LogP contribution in [0, 0.1) is 0 Å². The van der Waals surface area contributed by atoms with Crippen molar-refractivity contribution in [1.82, 2.24) is 4.72 Å². The van der Waals surface area contributed by atoms with Gasteiger partial charge in [0.2, 0.25) is 0 Å². The van der Waals surface area contributed by atoms with Crippen molar-refractivity contribution in [3.63, 3.8) is 0 Å². The van der Waals surface area contributed by atoms with Gasteiger partial charge in [-0.2, -0.15) is 0 Å². The molecule has 0 unspecified atom stereocenters. The number of rotatable bonds is 0. The third-order valence-corrected chi connectivity index (χ3v) is 1.06. The quantitative estimate of drug-likeness (QED) is 0.459. The molecule has 0 aromatic heterocycles. The zero-order chi connectivity index (χ0) is 4.24. The van der Waals surface area contributed by atoms with Gasteiger partial charge in [0, 0.05) is 6.20 Å². The van der Waals surface area contributed by atoms with E-state index in [0.717, 1.165) is 0 Å². The minimum absolute atomic E-state index is 1.58. The molecule has 0 radical (unpaired) electrons. The summed E-state index contributed by atoms with van der Waals surface area (Å²) in [5.41, 5.74) is 0. The Morgan fingerprint density at radius 3 is 2.50 bits per heavy atom. The zero-order valence-electron chi connectivity index (χ0n) is 3.22. The van der Waals surface area contributed by atoms with Crippen molar-refractivity contribution in [1.29, 1.82) is 0 Å². The molecule has 1 aliphatic rings. The van der Waals surface area contributed by atoms with E-state index >= 15 is 0 Å². The second-order valence-electron chi connectivity index (χ2n) is 0.923. The number of hydrogen-bond donors (Lipinski definition) is 1. The van der Waals surface area contributed by atoms with Crippen molar-refractivity contribution in [2.24, 2.45) is 0 Å². The van der Waals surface area contributed by atoms with Gasteiger partial charge in [0.05, 0.1) is 0 Å². The monoisotopic (exact) mass is 99.0 g/mol. The third-order valence-electron chi connectivity index (χ3n) is 0.490. The summed E-state index contributed by atoms with van der Waals surface area (Å²) in [5.74, 6) is 0. The lowest BCUT2D eigenvalue weighted by molar-refractivity contribution is 1.42. The summed E-state index contributed by atoms with van der Waals surface area (Å²) in [4.78, 5) is 0. The highest BCUT2D eigenvalue weighted by Crippen LogP contribution is 1.98. The first-order valence-corrected chi connectivity index (χ1v) is 2.61. The first-order valence-electron chi connectivity index (χ1n) is 1.73. The van der Waals surface area contributed by atoms with E-state index in [4.69, 9.17) is 0 Å². The molecular weight excluding hydrogens is 94.1 g/mol. The minimum Gasteiger partial charge on any atom is -0.333 e. The molecule has 0 bridgehead atoms. The Morgan fingerprint density at radius 1 is 1.33 bits per heavy atom. The van der Waals surface area contributed by atoms with Gasteiger partial charge in [-0.05, 0) is 23.4 Å². The van der Waals surface area contributed by atoms with Gasteiger partial charge in [-0.1, -0.05) is 6.08 Å². The molecule has 0 atom stereocenters.